The van der Waals surface area contributed by atoms with Crippen molar-refractivity contribution in [2.75, 3.05) is 31.1 Å². The normalized spacial score (nSPS) is 26.4. The van der Waals surface area contributed by atoms with Crippen molar-refractivity contribution in [2.24, 2.45) is 0 Å². The summed E-state index contributed by atoms with van der Waals surface area (Å²) in [7, 11) is 0. The van der Waals surface area contributed by atoms with Crippen LogP contribution in [-0.2, 0) is 0 Å². The van der Waals surface area contributed by atoms with Gasteiger partial charge in [0.2, 0.25) is 0 Å². The van der Waals surface area contributed by atoms with Crippen LogP contribution in [0.5, 0.6) is 0 Å². The van der Waals surface area contributed by atoms with Crippen LogP contribution in [0.3, 0.4) is 0 Å². The molecule has 1 rings (SSSR count). The molecule has 0 aromatic rings. The molecule has 1 N–H and O–H groups in total. The van der Waals surface area contributed by atoms with Gasteiger partial charge in [0.05, 0.1) is 0 Å². The maximum Gasteiger partial charge on any atom is 0.0167 e. The third-order valence-corrected chi connectivity index (χ3v) is 3.84. The van der Waals surface area contributed by atoms with Crippen molar-refractivity contribution in [2.45, 2.75) is 39.3 Å². The molecule has 3 heteroatoms. The summed E-state index contributed by atoms with van der Waals surface area (Å²) in [4.78, 5) is 2.62. The molecule has 0 amide bonds. The summed E-state index contributed by atoms with van der Waals surface area (Å²) in [5, 5.41) is 3.49. The Balaban J connectivity index is 2.18. The number of rotatable bonds is 5. The summed E-state index contributed by atoms with van der Waals surface area (Å²) in [6, 6.07) is 1.43. The largest absolute Gasteiger partial charge is 0.312 e. The fourth-order valence-corrected chi connectivity index (χ4v) is 2.74. The highest BCUT2D eigenvalue weighted by Crippen LogP contribution is 2.11. The number of nitrogens with zero attached hydrogens (tertiary/aromatic N) is 1. The smallest absolute Gasteiger partial charge is 0.0167 e. The van der Waals surface area contributed by atoms with Gasteiger partial charge in [0.1, 0.15) is 0 Å². The molecular formula is C11H24N2S. The molecule has 1 aliphatic heterocycles. The molecule has 1 heterocycles. The minimum Gasteiger partial charge on any atom is -0.312 e. The van der Waals surface area contributed by atoms with E-state index in [1.807, 2.05) is 0 Å². The molecule has 0 aliphatic carbocycles. The molecule has 1 fully saturated rings. The highest BCUT2D eigenvalue weighted by atomic mass is 32.2. The Morgan fingerprint density at radius 3 is 3.00 bits per heavy atom. The van der Waals surface area contributed by atoms with Crippen molar-refractivity contribution in [3.05, 3.63) is 0 Å². The quantitative estimate of drug-likeness (QED) is 0.706. The summed E-state index contributed by atoms with van der Waals surface area (Å²) in [6.45, 7) is 10.5. The molecule has 2 atom stereocenters. The van der Waals surface area contributed by atoms with E-state index in [0.29, 0.717) is 6.04 Å². The topological polar surface area (TPSA) is 15.3 Å². The first-order valence-electron chi connectivity index (χ1n) is 5.79. The van der Waals surface area contributed by atoms with Gasteiger partial charge < -0.3 is 5.32 Å². The van der Waals surface area contributed by atoms with Crippen LogP contribution in [0, 0.1) is 0 Å². The summed E-state index contributed by atoms with van der Waals surface area (Å²) in [5.41, 5.74) is 0. The Kier molecular flexibility index (Phi) is 5.90. The summed E-state index contributed by atoms with van der Waals surface area (Å²) >= 11 is 2.06. The minimum atomic E-state index is 0.671. The van der Waals surface area contributed by atoms with E-state index < -0.39 is 0 Å². The van der Waals surface area contributed by atoms with E-state index in [2.05, 4.69) is 42.7 Å². The van der Waals surface area contributed by atoms with Crippen LogP contribution in [0.1, 0.15) is 27.2 Å². The van der Waals surface area contributed by atoms with Gasteiger partial charge in [0.15, 0.2) is 0 Å². The first kappa shape index (κ1) is 12.3. The predicted molar refractivity (Wildman–Crippen MR) is 66.1 cm³/mol. The van der Waals surface area contributed by atoms with Crippen LogP contribution >= 0.6 is 11.8 Å². The van der Waals surface area contributed by atoms with Gasteiger partial charge in [0.25, 0.3) is 0 Å². The molecule has 0 saturated carbocycles. The van der Waals surface area contributed by atoms with E-state index in [-0.39, 0.29) is 0 Å². The monoisotopic (exact) mass is 216 g/mol. The average molecular weight is 216 g/mol. The Bertz CT molecular complexity index is 152. The molecule has 1 aliphatic rings. The van der Waals surface area contributed by atoms with Crippen LogP contribution in [-0.4, -0.2) is 48.1 Å². The van der Waals surface area contributed by atoms with Gasteiger partial charge in [-0.1, -0.05) is 6.92 Å². The highest BCUT2D eigenvalue weighted by Gasteiger charge is 2.19. The van der Waals surface area contributed by atoms with Crippen molar-refractivity contribution >= 4 is 11.8 Å². The summed E-state index contributed by atoms with van der Waals surface area (Å²) < 4.78 is 0. The average Bonchev–Trinajstić information content (AvgIpc) is 2.18. The van der Waals surface area contributed by atoms with Gasteiger partial charge in [-0.25, -0.2) is 0 Å². The maximum atomic E-state index is 3.49. The number of thioether (sulfide) groups is 1. The van der Waals surface area contributed by atoms with Gasteiger partial charge in [-0.15, -0.1) is 0 Å². The molecule has 0 aromatic carbocycles. The van der Waals surface area contributed by atoms with Gasteiger partial charge >= 0.3 is 0 Å². The summed E-state index contributed by atoms with van der Waals surface area (Å²) in [5.74, 6) is 2.57. The molecule has 14 heavy (non-hydrogen) atoms. The lowest BCUT2D eigenvalue weighted by Gasteiger charge is -2.36. The van der Waals surface area contributed by atoms with Gasteiger partial charge in [-0.3, -0.25) is 4.90 Å². The van der Waals surface area contributed by atoms with Crippen molar-refractivity contribution in [1.82, 2.24) is 10.2 Å². The second-order valence-electron chi connectivity index (χ2n) is 4.18. The van der Waals surface area contributed by atoms with E-state index in [9.17, 15) is 0 Å². The molecule has 2 unspecified atom stereocenters. The minimum absolute atomic E-state index is 0.671. The molecule has 0 radical (unpaired) electrons. The molecule has 0 aromatic heterocycles. The Morgan fingerprint density at radius 1 is 1.57 bits per heavy atom. The van der Waals surface area contributed by atoms with Gasteiger partial charge in [-0.05, 0) is 31.8 Å². The highest BCUT2D eigenvalue weighted by molar-refractivity contribution is 7.99. The maximum absolute atomic E-state index is 3.49. The van der Waals surface area contributed by atoms with E-state index in [0.717, 1.165) is 12.6 Å². The van der Waals surface area contributed by atoms with Crippen LogP contribution in [0.15, 0.2) is 0 Å². The first-order valence-corrected chi connectivity index (χ1v) is 6.94. The lowest BCUT2D eigenvalue weighted by atomic mass is 10.1. The van der Waals surface area contributed by atoms with E-state index in [1.54, 1.807) is 0 Å². The molecule has 0 spiro atoms. The zero-order valence-corrected chi connectivity index (χ0v) is 10.6. The first-order chi connectivity index (χ1) is 6.74. The second kappa shape index (κ2) is 6.70. The predicted octanol–water partition coefficient (Wildman–Crippen LogP) is 1.81. The van der Waals surface area contributed by atoms with Crippen LogP contribution in [0.2, 0.25) is 0 Å². The Hall–Kier alpha value is 0.270. The zero-order chi connectivity index (χ0) is 10.4. The number of nitrogens with one attached hydrogen (secondary N) is 1. The van der Waals surface area contributed by atoms with Crippen LogP contribution < -0.4 is 5.32 Å². The van der Waals surface area contributed by atoms with Gasteiger partial charge in [-0.2, -0.15) is 11.8 Å². The Morgan fingerprint density at radius 2 is 2.36 bits per heavy atom. The van der Waals surface area contributed by atoms with Crippen molar-refractivity contribution in [3.63, 3.8) is 0 Å². The third-order valence-electron chi connectivity index (χ3n) is 2.91. The molecule has 0 bridgehead atoms. The third kappa shape index (κ3) is 4.20. The van der Waals surface area contributed by atoms with Crippen molar-refractivity contribution < 1.29 is 0 Å². The van der Waals surface area contributed by atoms with E-state index in [1.165, 1.54) is 31.0 Å². The number of hydrogen-bond acceptors (Lipinski definition) is 3. The van der Waals surface area contributed by atoms with Crippen molar-refractivity contribution in [1.29, 1.82) is 0 Å². The second-order valence-corrected chi connectivity index (χ2v) is 5.58. The fourth-order valence-electron chi connectivity index (χ4n) is 1.94. The molecule has 1 saturated heterocycles. The number of piperazine rings is 1. The summed E-state index contributed by atoms with van der Waals surface area (Å²) in [6.07, 6.45) is 1.34. The van der Waals surface area contributed by atoms with Crippen LogP contribution in [0.4, 0.5) is 0 Å². The number of hydrogen-bond donors (Lipinski definition) is 1. The molecule has 2 nitrogen and oxygen atoms in total. The SMILES string of the molecule is CCSCCC(C)N1CCNC(C)C1. The fraction of sp³-hybridized carbons (Fsp3) is 1.00. The zero-order valence-electron chi connectivity index (χ0n) is 9.75. The Labute approximate surface area is 92.8 Å². The van der Waals surface area contributed by atoms with E-state index in [4.69, 9.17) is 0 Å². The lowest BCUT2D eigenvalue weighted by Crippen LogP contribution is -2.52. The lowest BCUT2D eigenvalue weighted by molar-refractivity contribution is 0.155. The molecule has 84 valence electrons. The molecular weight excluding hydrogens is 192 g/mol. The van der Waals surface area contributed by atoms with Crippen molar-refractivity contribution in [3.8, 4) is 0 Å². The van der Waals surface area contributed by atoms with Crippen LogP contribution in [0.25, 0.3) is 0 Å². The van der Waals surface area contributed by atoms with E-state index >= 15 is 0 Å². The van der Waals surface area contributed by atoms with Gasteiger partial charge in [0, 0.05) is 31.7 Å². The standard InChI is InChI=1S/C11H24N2S/c1-4-14-8-5-11(3)13-7-6-12-10(2)9-13/h10-12H,4-9H2,1-3H3.